The van der Waals surface area contributed by atoms with Crippen LogP contribution in [0.15, 0.2) is 42.5 Å². The second-order valence-corrected chi connectivity index (χ2v) is 4.47. The summed E-state index contributed by atoms with van der Waals surface area (Å²) in [6, 6.07) is 9.96. The average molecular weight is 262 g/mol. The Hall–Kier alpha value is -2.10. The molecular weight excluding hydrogens is 244 g/mol. The van der Waals surface area contributed by atoms with Gasteiger partial charge in [-0.2, -0.15) is 0 Å². The summed E-state index contributed by atoms with van der Waals surface area (Å²) in [5.74, 6) is -1.52. The van der Waals surface area contributed by atoms with Crippen LogP contribution < -0.4 is 0 Å². The van der Waals surface area contributed by atoms with E-state index in [1.165, 1.54) is 5.56 Å². The minimum Gasteiger partial charge on any atom is -0.478 e. The molecule has 1 aromatic rings. The first-order chi connectivity index (χ1) is 8.99. The third-order valence-electron chi connectivity index (χ3n) is 2.73. The molecule has 1 rings (SSSR count). The predicted molar refractivity (Wildman–Crippen MR) is 71.8 cm³/mol. The lowest BCUT2D eigenvalue weighted by Gasteiger charge is -2.17. The van der Waals surface area contributed by atoms with E-state index in [-0.39, 0.29) is 12.0 Å². The normalized spacial score (nSPS) is 14.0. The van der Waals surface area contributed by atoms with Crippen LogP contribution in [0.3, 0.4) is 0 Å². The van der Waals surface area contributed by atoms with Crippen molar-refractivity contribution in [3.8, 4) is 0 Å². The van der Waals surface area contributed by atoms with Gasteiger partial charge < -0.3 is 9.84 Å². The molecule has 0 amide bonds. The van der Waals surface area contributed by atoms with Gasteiger partial charge in [0.05, 0.1) is 6.10 Å². The molecule has 0 aliphatic heterocycles. The zero-order valence-electron chi connectivity index (χ0n) is 11.1. The molecule has 0 spiro atoms. The number of carboxylic acids is 1. The Morgan fingerprint density at radius 1 is 1.21 bits per heavy atom. The van der Waals surface area contributed by atoms with Gasteiger partial charge in [0.1, 0.15) is 0 Å². The Balaban J connectivity index is 2.45. The number of carboxylic acid groups (broad SMARTS) is 1. The lowest BCUT2D eigenvalue weighted by molar-refractivity contribution is -0.143. The summed E-state index contributed by atoms with van der Waals surface area (Å²) in [4.78, 5) is 21.6. The van der Waals surface area contributed by atoms with Crippen molar-refractivity contribution in [2.24, 2.45) is 0 Å². The Kier molecular flexibility index (Phi) is 5.79. The van der Waals surface area contributed by atoms with E-state index in [1.54, 1.807) is 6.92 Å². The zero-order valence-corrected chi connectivity index (χ0v) is 11.1. The van der Waals surface area contributed by atoms with Gasteiger partial charge in [-0.1, -0.05) is 37.3 Å². The molecule has 0 heterocycles. The molecule has 102 valence electrons. The van der Waals surface area contributed by atoms with E-state index in [1.807, 2.05) is 30.3 Å². The van der Waals surface area contributed by atoms with E-state index < -0.39 is 11.9 Å². The third kappa shape index (κ3) is 5.86. The second-order valence-electron chi connectivity index (χ2n) is 4.47. The lowest BCUT2D eigenvalue weighted by Crippen LogP contribution is -2.15. The number of ether oxygens (including phenoxy) is 1. The Labute approximate surface area is 112 Å². The molecule has 0 bridgehead atoms. The number of esters is 1. The molecule has 1 N–H and O–H groups in total. The highest BCUT2D eigenvalue weighted by atomic mass is 16.5. The molecule has 1 aromatic carbocycles. The van der Waals surface area contributed by atoms with Gasteiger partial charge in [0.25, 0.3) is 0 Å². The molecule has 0 saturated carbocycles. The van der Waals surface area contributed by atoms with Crippen molar-refractivity contribution in [3.05, 3.63) is 48.0 Å². The maximum absolute atomic E-state index is 11.3. The van der Waals surface area contributed by atoms with Crippen LogP contribution in [-0.4, -0.2) is 23.1 Å². The highest BCUT2D eigenvalue weighted by Crippen LogP contribution is 2.21. The number of hydrogen-bond donors (Lipinski definition) is 1. The summed E-state index contributed by atoms with van der Waals surface area (Å²) in [6.45, 7) is 3.86. The van der Waals surface area contributed by atoms with Crippen LogP contribution in [0.4, 0.5) is 0 Å². The Morgan fingerprint density at radius 3 is 2.42 bits per heavy atom. The first-order valence-corrected chi connectivity index (χ1v) is 6.15. The fourth-order valence-electron chi connectivity index (χ4n) is 1.84. The van der Waals surface area contributed by atoms with Gasteiger partial charge in [0, 0.05) is 12.2 Å². The molecule has 0 aliphatic carbocycles. The van der Waals surface area contributed by atoms with Crippen LogP contribution >= 0.6 is 0 Å². The van der Waals surface area contributed by atoms with Gasteiger partial charge in [0.15, 0.2) is 0 Å². The number of benzene rings is 1. The van der Waals surface area contributed by atoms with E-state index in [4.69, 9.17) is 9.84 Å². The maximum Gasteiger partial charge on any atom is 0.331 e. The number of carbonyl (C=O) groups is 2. The molecule has 4 heteroatoms. The topological polar surface area (TPSA) is 63.6 Å². The van der Waals surface area contributed by atoms with E-state index in [2.05, 4.69) is 6.92 Å². The Morgan fingerprint density at radius 2 is 1.84 bits per heavy atom. The van der Waals surface area contributed by atoms with Crippen molar-refractivity contribution >= 4 is 11.9 Å². The van der Waals surface area contributed by atoms with Gasteiger partial charge >= 0.3 is 11.9 Å². The second kappa shape index (κ2) is 7.36. The van der Waals surface area contributed by atoms with Gasteiger partial charge in [-0.3, -0.25) is 0 Å². The molecule has 0 fully saturated rings. The smallest absolute Gasteiger partial charge is 0.331 e. The van der Waals surface area contributed by atoms with Gasteiger partial charge in [0.2, 0.25) is 0 Å². The highest BCUT2D eigenvalue weighted by Gasteiger charge is 2.13. The minimum absolute atomic E-state index is 0.263. The molecule has 4 nitrogen and oxygen atoms in total. The van der Waals surface area contributed by atoms with Crippen LogP contribution in [0, 0.1) is 0 Å². The monoisotopic (exact) mass is 262 g/mol. The average Bonchev–Trinajstić information content (AvgIpc) is 2.37. The molecule has 0 radical (unpaired) electrons. The van der Waals surface area contributed by atoms with E-state index >= 15 is 0 Å². The third-order valence-corrected chi connectivity index (χ3v) is 2.73. The van der Waals surface area contributed by atoms with Gasteiger partial charge in [-0.25, -0.2) is 9.59 Å². The molecule has 0 aromatic heterocycles. The van der Waals surface area contributed by atoms with Gasteiger partial charge in [-0.05, 0) is 24.8 Å². The fraction of sp³-hybridized carbons (Fsp3) is 0.333. The summed E-state index contributed by atoms with van der Waals surface area (Å²) in [6.07, 6.45) is 2.12. The summed E-state index contributed by atoms with van der Waals surface area (Å²) >= 11 is 0. The number of aliphatic carboxylic acids is 1. The summed E-state index contributed by atoms with van der Waals surface area (Å²) in [5.41, 5.74) is 1.19. The van der Waals surface area contributed by atoms with E-state index in [0.29, 0.717) is 6.42 Å². The zero-order chi connectivity index (χ0) is 14.3. The van der Waals surface area contributed by atoms with Crippen molar-refractivity contribution in [2.45, 2.75) is 32.3 Å². The van der Waals surface area contributed by atoms with E-state index in [0.717, 1.165) is 12.2 Å². The van der Waals surface area contributed by atoms with Crippen molar-refractivity contribution < 1.29 is 19.4 Å². The van der Waals surface area contributed by atoms with Crippen LogP contribution in [0.2, 0.25) is 0 Å². The lowest BCUT2D eigenvalue weighted by atomic mass is 9.95. The molecule has 19 heavy (non-hydrogen) atoms. The first-order valence-electron chi connectivity index (χ1n) is 6.15. The number of hydrogen-bond acceptors (Lipinski definition) is 3. The SMILES string of the molecule is CC(CC(C)c1ccccc1)OC(=O)/C=C\C(=O)O. The molecule has 0 aliphatic rings. The first kappa shape index (κ1) is 15.0. The van der Waals surface area contributed by atoms with E-state index in [9.17, 15) is 9.59 Å². The standard InChI is InChI=1S/C15H18O4/c1-11(13-6-4-3-5-7-13)10-12(2)19-15(18)9-8-14(16)17/h3-9,11-12H,10H2,1-2H3,(H,16,17)/b9-8-. The quantitative estimate of drug-likeness (QED) is 0.632. The van der Waals surface area contributed by atoms with Crippen molar-refractivity contribution in [1.29, 1.82) is 0 Å². The van der Waals surface area contributed by atoms with Crippen molar-refractivity contribution in [1.82, 2.24) is 0 Å². The molecular formula is C15H18O4. The van der Waals surface area contributed by atoms with Gasteiger partial charge in [-0.15, -0.1) is 0 Å². The predicted octanol–water partition coefficient (Wildman–Crippen LogP) is 2.75. The van der Waals surface area contributed by atoms with Crippen molar-refractivity contribution in [2.75, 3.05) is 0 Å². The Bertz CT molecular complexity index is 450. The largest absolute Gasteiger partial charge is 0.478 e. The summed E-state index contributed by atoms with van der Waals surface area (Å²) < 4.78 is 5.10. The summed E-state index contributed by atoms with van der Waals surface area (Å²) in [5, 5.41) is 8.40. The van der Waals surface area contributed by atoms with Crippen molar-refractivity contribution in [3.63, 3.8) is 0 Å². The maximum atomic E-state index is 11.3. The van der Waals surface area contributed by atoms with Crippen LogP contribution in [0.25, 0.3) is 0 Å². The highest BCUT2D eigenvalue weighted by molar-refractivity contribution is 5.90. The molecule has 2 unspecified atom stereocenters. The number of rotatable bonds is 6. The molecule has 2 atom stereocenters. The van der Waals surface area contributed by atoms with Crippen LogP contribution in [-0.2, 0) is 14.3 Å². The fourth-order valence-corrected chi connectivity index (χ4v) is 1.84. The van der Waals surface area contributed by atoms with Crippen LogP contribution in [0.5, 0.6) is 0 Å². The number of carbonyl (C=O) groups excluding carboxylic acids is 1. The molecule has 0 saturated heterocycles. The minimum atomic E-state index is -1.16. The van der Waals surface area contributed by atoms with Crippen LogP contribution in [0.1, 0.15) is 31.7 Å². The summed E-state index contributed by atoms with van der Waals surface area (Å²) in [7, 11) is 0.